The number of thiazole rings is 1. The predicted molar refractivity (Wildman–Crippen MR) is 80.6 cm³/mol. The highest BCUT2D eigenvalue weighted by Crippen LogP contribution is 2.27. The quantitative estimate of drug-likeness (QED) is 0.878. The first-order valence-corrected chi connectivity index (χ1v) is 7.83. The third-order valence-electron chi connectivity index (χ3n) is 2.75. The molecule has 0 amide bonds. The van der Waals surface area contributed by atoms with Crippen molar-refractivity contribution in [3.8, 4) is 0 Å². The standard InChI is InChI=1S/C13H19N3S2/c1-4-14-10(2)12-8-15-13(18-12)16(3)9-11-6-5-7-17-11/h5-8,10,14H,4,9H2,1-3H3. The highest BCUT2D eigenvalue weighted by molar-refractivity contribution is 7.15. The van der Waals surface area contributed by atoms with Crippen molar-refractivity contribution in [2.24, 2.45) is 0 Å². The summed E-state index contributed by atoms with van der Waals surface area (Å²) < 4.78 is 0. The molecule has 98 valence electrons. The zero-order valence-electron chi connectivity index (χ0n) is 11.0. The lowest BCUT2D eigenvalue weighted by Gasteiger charge is -2.14. The fourth-order valence-electron chi connectivity index (χ4n) is 1.76. The van der Waals surface area contributed by atoms with Crippen LogP contribution in [-0.2, 0) is 6.54 Å². The first-order valence-electron chi connectivity index (χ1n) is 6.13. The van der Waals surface area contributed by atoms with Gasteiger partial charge in [0.2, 0.25) is 0 Å². The van der Waals surface area contributed by atoms with Crippen LogP contribution in [0.25, 0.3) is 0 Å². The molecule has 2 aromatic heterocycles. The van der Waals surface area contributed by atoms with E-state index < -0.39 is 0 Å². The molecule has 0 bridgehead atoms. The van der Waals surface area contributed by atoms with Crippen molar-refractivity contribution in [1.29, 1.82) is 0 Å². The summed E-state index contributed by atoms with van der Waals surface area (Å²) in [5.74, 6) is 0. The maximum Gasteiger partial charge on any atom is 0.185 e. The van der Waals surface area contributed by atoms with Gasteiger partial charge in [-0.25, -0.2) is 4.98 Å². The Labute approximate surface area is 116 Å². The van der Waals surface area contributed by atoms with Crippen LogP contribution in [0.1, 0.15) is 29.6 Å². The van der Waals surface area contributed by atoms with Gasteiger partial charge in [0.25, 0.3) is 0 Å². The molecule has 0 aliphatic carbocycles. The normalized spacial score (nSPS) is 12.6. The van der Waals surface area contributed by atoms with Crippen LogP contribution in [-0.4, -0.2) is 18.6 Å². The Morgan fingerprint density at radius 2 is 2.33 bits per heavy atom. The van der Waals surface area contributed by atoms with Crippen molar-refractivity contribution in [2.45, 2.75) is 26.4 Å². The Hall–Kier alpha value is -0.910. The van der Waals surface area contributed by atoms with E-state index in [-0.39, 0.29) is 0 Å². The number of anilines is 1. The summed E-state index contributed by atoms with van der Waals surface area (Å²) >= 11 is 3.56. The number of rotatable bonds is 6. The molecule has 0 saturated carbocycles. The molecule has 0 aromatic carbocycles. The van der Waals surface area contributed by atoms with Crippen LogP contribution in [0.5, 0.6) is 0 Å². The van der Waals surface area contributed by atoms with Crippen LogP contribution in [0.3, 0.4) is 0 Å². The van der Waals surface area contributed by atoms with Gasteiger partial charge < -0.3 is 10.2 Å². The van der Waals surface area contributed by atoms with E-state index in [0.29, 0.717) is 6.04 Å². The van der Waals surface area contributed by atoms with Gasteiger partial charge in [0.15, 0.2) is 5.13 Å². The minimum absolute atomic E-state index is 0.386. The van der Waals surface area contributed by atoms with Gasteiger partial charge in [-0.3, -0.25) is 0 Å². The summed E-state index contributed by atoms with van der Waals surface area (Å²) in [6, 6.07) is 4.64. The van der Waals surface area contributed by atoms with E-state index in [1.54, 1.807) is 22.7 Å². The molecule has 0 aliphatic rings. The van der Waals surface area contributed by atoms with E-state index in [9.17, 15) is 0 Å². The van der Waals surface area contributed by atoms with E-state index in [4.69, 9.17) is 0 Å². The lowest BCUT2D eigenvalue weighted by molar-refractivity contribution is 0.606. The van der Waals surface area contributed by atoms with Gasteiger partial charge in [-0.05, 0) is 24.9 Å². The van der Waals surface area contributed by atoms with E-state index in [0.717, 1.165) is 18.2 Å². The number of hydrogen-bond donors (Lipinski definition) is 1. The Morgan fingerprint density at radius 1 is 1.50 bits per heavy atom. The van der Waals surface area contributed by atoms with Crippen LogP contribution in [0.2, 0.25) is 0 Å². The monoisotopic (exact) mass is 281 g/mol. The van der Waals surface area contributed by atoms with Gasteiger partial charge in [0.05, 0.1) is 6.54 Å². The average Bonchev–Trinajstić information content (AvgIpc) is 2.99. The molecule has 0 spiro atoms. The number of hydrogen-bond acceptors (Lipinski definition) is 5. The van der Waals surface area contributed by atoms with Crippen molar-refractivity contribution in [3.63, 3.8) is 0 Å². The minimum Gasteiger partial charge on any atom is -0.346 e. The second-order valence-electron chi connectivity index (χ2n) is 4.26. The molecule has 5 heteroatoms. The van der Waals surface area contributed by atoms with Crippen LogP contribution in [0.15, 0.2) is 23.7 Å². The molecular formula is C13H19N3S2. The Kier molecular flexibility index (Phi) is 4.74. The van der Waals surface area contributed by atoms with Crippen LogP contribution >= 0.6 is 22.7 Å². The predicted octanol–water partition coefficient (Wildman–Crippen LogP) is 3.51. The summed E-state index contributed by atoms with van der Waals surface area (Å²) in [6.07, 6.45) is 1.98. The first kappa shape index (κ1) is 13.5. The van der Waals surface area contributed by atoms with Gasteiger partial charge in [0.1, 0.15) is 0 Å². The van der Waals surface area contributed by atoms with Gasteiger partial charge >= 0.3 is 0 Å². The molecule has 0 saturated heterocycles. The van der Waals surface area contributed by atoms with Crippen molar-refractivity contribution < 1.29 is 0 Å². The third-order valence-corrected chi connectivity index (χ3v) is 4.90. The average molecular weight is 281 g/mol. The molecule has 2 heterocycles. The van der Waals surface area contributed by atoms with Gasteiger partial charge in [-0.1, -0.05) is 13.0 Å². The third kappa shape index (κ3) is 3.31. The Bertz CT molecular complexity index is 464. The maximum absolute atomic E-state index is 4.51. The minimum atomic E-state index is 0.386. The molecule has 1 unspecified atom stereocenters. The second-order valence-corrected chi connectivity index (χ2v) is 6.33. The summed E-state index contributed by atoms with van der Waals surface area (Å²) in [5, 5.41) is 6.61. The molecule has 2 aromatic rings. The fourth-order valence-corrected chi connectivity index (χ4v) is 3.42. The molecule has 1 N–H and O–H groups in total. The zero-order chi connectivity index (χ0) is 13.0. The summed E-state index contributed by atoms with van der Waals surface area (Å²) in [6.45, 7) is 6.22. The van der Waals surface area contributed by atoms with Crippen molar-refractivity contribution >= 4 is 27.8 Å². The second kappa shape index (κ2) is 6.31. The topological polar surface area (TPSA) is 28.2 Å². The highest BCUT2D eigenvalue weighted by atomic mass is 32.1. The summed E-state index contributed by atoms with van der Waals surface area (Å²) in [7, 11) is 2.10. The van der Waals surface area contributed by atoms with E-state index in [1.807, 2.05) is 6.20 Å². The molecule has 0 radical (unpaired) electrons. The number of thiophene rings is 1. The largest absolute Gasteiger partial charge is 0.346 e. The molecule has 3 nitrogen and oxygen atoms in total. The summed E-state index contributed by atoms with van der Waals surface area (Å²) in [4.78, 5) is 9.38. The van der Waals surface area contributed by atoms with Gasteiger partial charge in [-0.2, -0.15) is 0 Å². The SMILES string of the molecule is CCNC(C)c1cnc(N(C)Cc2cccs2)s1. The molecule has 2 rings (SSSR count). The van der Waals surface area contributed by atoms with Gasteiger partial charge in [0, 0.05) is 29.0 Å². The zero-order valence-corrected chi connectivity index (χ0v) is 12.6. The molecule has 0 fully saturated rings. The maximum atomic E-state index is 4.51. The van der Waals surface area contributed by atoms with Gasteiger partial charge in [-0.15, -0.1) is 22.7 Å². The smallest absolute Gasteiger partial charge is 0.185 e. The lowest BCUT2D eigenvalue weighted by Crippen LogP contribution is -2.16. The molecule has 18 heavy (non-hydrogen) atoms. The fraction of sp³-hybridized carbons (Fsp3) is 0.462. The molecule has 1 atom stereocenters. The van der Waals surface area contributed by atoms with Crippen LogP contribution in [0.4, 0.5) is 5.13 Å². The first-order chi connectivity index (χ1) is 8.70. The number of nitrogens with zero attached hydrogens (tertiary/aromatic N) is 2. The Balaban J connectivity index is 2.00. The van der Waals surface area contributed by atoms with Crippen molar-refractivity contribution in [1.82, 2.24) is 10.3 Å². The number of aromatic nitrogens is 1. The lowest BCUT2D eigenvalue weighted by atomic mass is 10.3. The molecule has 0 aliphatic heterocycles. The van der Waals surface area contributed by atoms with Crippen molar-refractivity contribution in [2.75, 3.05) is 18.5 Å². The highest BCUT2D eigenvalue weighted by Gasteiger charge is 2.11. The van der Waals surface area contributed by atoms with E-state index in [2.05, 4.69) is 53.6 Å². The molecular weight excluding hydrogens is 262 g/mol. The van der Waals surface area contributed by atoms with E-state index >= 15 is 0 Å². The summed E-state index contributed by atoms with van der Waals surface area (Å²) in [5.41, 5.74) is 0. The van der Waals surface area contributed by atoms with Crippen LogP contribution < -0.4 is 10.2 Å². The van der Waals surface area contributed by atoms with Crippen LogP contribution in [0, 0.1) is 0 Å². The van der Waals surface area contributed by atoms with Crippen molar-refractivity contribution in [3.05, 3.63) is 33.5 Å². The number of nitrogens with one attached hydrogen (secondary N) is 1. The Morgan fingerprint density at radius 3 is 3.00 bits per heavy atom. The van der Waals surface area contributed by atoms with E-state index in [1.165, 1.54) is 9.75 Å².